The van der Waals surface area contributed by atoms with E-state index in [4.69, 9.17) is 9.47 Å². The Labute approximate surface area is 144 Å². The number of amides is 1. The van der Waals surface area contributed by atoms with Gasteiger partial charge in [-0.05, 0) is 29.3 Å². The van der Waals surface area contributed by atoms with Gasteiger partial charge in [0.25, 0.3) is 5.91 Å². The molecule has 0 radical (unpaired) electrons. The first-order valence-electron chi connectivity index (χ1n) is 7.51. The van der Waals surface area contributed by atoms with E-state index >= 15 is 0 Å². The van der Waals surface area contributed by atoms with Crippen LogP contribution >= 0.6 is 0 Å². The quantitative estimate of drug-likeness (QED) is 0.792. The van der Waals surface area contributed by atoms with Gasteiger partial charge in [-0.15, -0.1) is 0 Å². The molecule has 7 heteroatoms. The smallest absolute Gasteiger partial charge is 0.387 e. The van der Waals surface area contributed by atoms with Crippen LogP contribution in [0.1, 0.15) is 21.5 Å². The minimum atomic E-state index is -3.00. The molecule has 2 rings (SSSR count). The summed E-state index contributed by atoms with van der Waals surface area (Å²) in [5.41, 5.74) is 2.09. The number of rotatable bonds is 8. The molecule has 0 fully saturated rings. The molecule has 0 aliphatic rings. The van der Waals surface area contributed by atoms with Crippen molar-refractivity contribution < 1.29 is 27.8 Å². The van der Waals surface area contributed by atoms with Crippen molar-refractivity contribution in [2.24, 2.45) is 0 Å². The Morgan fingerprint density at radius 2 is 1.84 bits per heavy atom. The van der Waals surface area contributed by atoms with Gasteiger partial charge < -0.3 is 19.5 Å². The Morgan fingerprint density at radius 3 is 2.52 bits per heavy atom. The lowest BCUT2D eigenvalue weighted by molar-refractivity contribution is -0.0512. The number of benzene rings is 2. The van der Waals surface area contributed by atoms with Crippen LogP contribution < -0.4 is 14.8 Å². The number of alkyl halides is 2. The zero-order chi connectivity index (χ0) is 18.2. The van der Waals surface area contributed by atoms with E-state index in [1.165, 1.54) is 25.3 Å². The highest BCUT2D eigenvalue weighted by Crippen LogP contribution is 2.29. The Hall–Kier alpha value is -2.67. The SMILES string of the molecule is COCc1cccc(CNC(=O)c2ccc(OC)c(OC(F)F)c2)c1. The molecule has 2 aromatic carbocycles. The summed E-state index contributed by atoms with van der Waals surface area (Å²) in [6, 6.07) is 11.7. The van der Waals surface area contributed by atoms with E-state index < -0.39 is 12.5 Å². The standard InChI is InChI=1S/C18H19F2NO4/c1-23-11-13-5-3-4-12(8-13)10-21-17(22)14-6-7-15(24-2)16(9-14)25-18(19)20/h3-9,18H,10-11H2,1-2H3,(H,21,22). The van der Waals surface area contributed by atoms with Gasteiger partial charge >= 0.3 is 6.61 Å². The molecule has 5 nitrogen and oxygen atoms in total. The number of halogens is 2. The van der Waals surface area contributed by atoms with Crippen LogP contribution in [0.15, 0.2) is 42.5 Å². The van der Waals surface area contributed by atoms with Crippen molar-refractivity contribution in [1.29, 1.82) is 0 Å². The average Bonchev–Trinajstić information content (AvgIpc) is 2.60. The van der Waals surface area contributed by atoms with Gasteiger partial charge in [0.2, 0.25) is 0 Å². The summed E-state index contributed by atoms with van der Waals surface area (Å²) in [6.07, 6.45) is 0. The zero-order valence-corrected chi connectivity index (χ0v) is 13.9. The van der Waals surface area contributed by atoms with Crippen molar-refractivity contribution in [2.75, 3.05) is 14.2 Å². The van der Waals surface area contributed by atoms with Crippen molar-refractivity contribution in [2.45, 2.75) is 19.8 Å². The van der Waals surface area contributed by atoms with Crippen LogP contribution in [-0.2, 0) is 17.9 Å². The summed E-state index contributed by atoms with van der Waals surface area (Å²) in [5.74, 6) is -0.463. The van der Waals surface area contributed by atoms with Gasteiger partial charge in [-0.2, -0.15) is 8.78 Å². The topological polar surface area (TPSA) is 56.8 Å². The van der Waals surface area contributed by atoms with Gasteiger partial charge in [0, 0.05) is 19.2 Å². The lowest BCUT2D eigenvalue weighted by Gasteiger charge is -2.12. The Balaban J connectivity index is 2.06. The minimum Gasteiger partial charge on any atom is -0.493 e. The number of carbonyl (C=O) groups is 1. The molecule has 0 saturated heterocycles. The van der Waals surface area contributed by atoms with E-state index in [0.717, 1.165) is 11.1 Å². The fourth-order valence-corrected chi connectivity index (χ4v) is 2.29. The summed E-state index contributed by atoms with van der Waals surface area (Å²) >= 11 is 0. The highest BCUT2D eigenvalue weighted by molar-refractivity contribution is 5.94. The molecule has 0 aliphatic heterocycles. The third-order valence-corrected chi connectivity index (χ3v) is 3.40. The molecule has 134 valence electrons. The number of methoxy groups -OCH3 is 2. The van der Waals surface area contributed by atoms with Gasteiger partial charge in [-0.1, -0.05) is 24.3 Å². The Bertz CT molecular complexity index is 722. The number of ether oxygens (including phenoxy) is 3. The second-order valence-electron chi connectivity index (χ2n) is 5.18. The van der Waals surface area contributed by atoms with Crippen LogP contribution in [0, 0.1) is 0 Å². The molecule has 0 spiro atoms. The molecule has 0 atom stereocenters. The fourth-order valence-electron chi connectivity index (χ4n) is 2.29. The maximum absolute atomic E-state index is 12.5. The first-order chi connectivity index (χ1) is 12.0. The predicted molar refractivity (Wildman–Crippen MR) is 88.0 cm³/mol. The van der Waals surface area contributed by atoms with Crippen LogP contribution in [0.4, 0.5) is 8.78 Å². The Kier molecular flexibility index (Phi) is 6.71. The number of hydrogen-bond donors (Lipinski definition) is 1. The highest BCUT2D eigenvalue weighted by Gasteiger charge is 2.14. The summed E-state index contributed by atoms with van der Waals surface area (Å²) in [5, 5.41) is 2.74. The zero-order valence-electron chi connectivity index (χ0n) is 13.9. The predicted octanol–water partition coefficient (Wildman–Crippen LogP) is 3.37. The molecule has 25 heavy (non-hydrogen) atoms. The van der Waals surface area contributed by atoms with Crippen molar-refractivity contribution in [1.82, 2.24) is 5.32 Å². The molecule has 0 heterocycles. The number of carbonyl (C=O) groups excluding carboxylic acids is 1. The lowest BCUT2D eigenvalue weighted by atomic mass is 10.1. The second-order valence-corrected chi connectivity index (χ2v) is 5.18. The van der Waals surface area contributed by atoms with Crippen LogP contribution in [0.25, 0.3) is 0 Å². The maximum atomic E-state index is 12.5. The average molecular weight is 351 g/mol. The summed E-state index contributed by atoms with van der Waals surface area (Å²) < 4.78 is 39.3. The van der Waals surface area contributed by atoms with Crippen LogP contribution in [0.2, 0.25) is 0 Å². The van der Waals surface area contributed by atoms with Crippen LogP contribution in [0.3, 0.4) is 0 Å². The summed E-state index contributed by atoms with van der Waals surface area (Å²) in [4.78, 5) is 12.2. The molecule has 0 aliphatic carbocycles. The Morgan fingerprint density at radius 1 is 1.08 bits per heavy atom. The van der Waals surface area contributed by atoms with E-state index in [0.29, 0.717) is 13.2 Å². The van der Waals surface area contributed by atoms with Gasteiger partial charge in [0.05, 0.1) is 13.7 Å². The first-order valence-corrected chi connectivity index (χ1v) is 7.51. The second kappa shape index (κ2) is 8.98. The normalized spacial score (nSPS) is 10.6. The van der Waals surface area contributed by atoms with Crippen molar-refractivity contribution in [3.63, 3.8) is 0 Å². The first kappa shape index (κ1) is 18.7. The van der Waals surface area contributed by atoms with Crippen LogP contribution in [-0.4, -0.2) is 26.7 Å². The molecular formula is C18H19F2NO4. The molecule has 0 unspecified atom stereocenters. The van der Waals surface area contributed by atoms with Crippen LogP contribution in [0.5, 0.6) is 11.5 Å². The van der Waals surface area contributed by atoms with E-state index in [-0.39, 0.29) is 17.1 Å². The minimum absolute atomic E-state index is 0.129. The summed E-state index contributed by atoms with van der Waals surface area (Å²) in [6.45, 7) is -2.22. The summed E-state index contributed by atoms with van der Waals surface area (Å²) in [7, 11) is 2.94. The third-order valence-electron chi connectivity index (χ3n) is 3.40. The maximum Gasteiger partial charge on any atom is 0.387 e. The van der Waals surface area contributed by atoms with Gasteiger partial charge in [0.15, 0.2) is 11.5 Å². The molecule has 1 amide bonds. The van der Waals surface area contributed by atoms with Gasteiger partial charge in [0.1, 0.15) is 0 Å². The lowest BCUT2D eigenvalue weighted by Crippen LogP contribution is -2.23. The largest absolute Gasteiger partial charge is 0.493 e. The molecule has 0 bridgehead atoms. The van der Waals surface area contributed by atoms with E-state index in [1.54, 1.807) is 7.11 Å². The molecule has 0 saturated carbocycles. The fraction of sp³-hybridized carbons (Fsp3) is 0.278. The molecular weight excluding hydrogens is 332 g/mol. The van der Waals surface area contributed by atoms with Gasteiger partial charge in [-0.25, -0.2) is 0 Å². The number of nitrogens with one attached hydrogen (secondary N) is 1. The van der Waals surface area contributed by atoms with E-state index in [1.807, 2.05) is 24.3 Å². The van der Waals surface area contributed by atoms with Crippen molar-refractivity contribution in [3.8, 4) is 11.5 Å². The molecule has 0 aromatic heterocycles. The highest BCUT2D eigenvalue weighted by atomic mass is 19.3. The van der Waals surface area contributed by atoms with E-state index in [9.17, 15) is 13.6 Å². The number of hydrogen-bond acceptors (Lipinski definition) is 4. The van der Waals surface area contributed by atoms with Gasteiger partial charge in [-0.3, -0.25) is 4.79 Å². The third kappa shape index (κ3) is 5.42. The monoisotopic (exact) mass is 351 g/mol. The van der Waals surface area contributed by atoms with E-state index in [2.05, 4.69) is 10.1 Å². The molecule has 2 aromatic rings. The molecule has 1 N–H and O–H groups in total. The van der Waals surface area contributed by atoms with Crippen molar-refractivity contribution >= 4 is 5.91 Å². The van der Waals surface area contributed by atoms with Crippen molar-refractivity contribution in [3.05, 3.63) is 59.2 Å².